The molecular formula is C39H39Cl2N5O3. The normalized spacial score (nSPS) is 15.5. The fourth-order valence-corrected chi connectivity index (χ4v) is 8.00. The van der Waals surface area contributed by atoms with Crippen LogP contribution in [0.1, 0.15) is 48.9 Å². The third-order valence-corrected chi connectivity index (χ3v) is 10.6. The van der Waals surface area contributed by atoms with Gasteiger partial charge in [0.25, 0.3) is 0 Å². The van der Waals surface area contributed by atoms with Gasteiger partial charge in [-0.05, 0) is 44.2 Å². The number of nitrogens with one attached hydrogen (secondary N) is 1. The van der Waals surface area contributed by atoms with Crippen molar-refractivity contribution in [2.45, 2.75) is 51.5 Å². The number of carbonyl (C=O) groups excluding carboxylic acids is 1. The fraction of sp³-hybridized carbons (Fsp3) is 0.333. The molecule has 1 aliphatic heterocycles. The summed E-state index contributed by atoms with van der Waals surface area (Å²) in [5.41, 5.74) is 8.02. The molecule has 4 heterocycles. The van der Waals surface area contributed by atoms with E-state index in [2.05, 4.69) is 27.0 Å². The lowest BCUT2D eigenvalue weighted by molar-refractivity contribution is -0.119. The summed E-state index contributed by atoms with van der Waals surface area (Å²) in [7, 11) is 3.29. The number of aromatic amines is 1. The highest BCUT2D eigenvalue weighted by Crippen LogP contribution is 2.45. The average Bonchev–Trinajstić information content (AvgIpc) is 3.77. The van der Waals surface area contributed by atoms with Crippen LogP contribution in [0.15, 0.2) is 73.2 Å². The molecule has 252 valence electrons. The SMILES string of the molecule is COc1nc(-c2cccc(-c3cccc(-c4ccc(CN5CC6(CCC(=O)C6)C5)c(OC)n4)c3Cl)c2Cl)ccc1CCCCc1cnc[nH]1. The van der Waals surface area contributed by atoms with E-state index in [1.807, 2.05) is 54.7 Å². The first-order valence-corrected chi connectivity index (χ1v) is 17.5. The number of methoxy groups -OCH3 is 2. The number of aryl methyl sites for hydroxylation is 2. The van der Waals surface area contributed by atoms with Gasteiger partial charge >= 0.3 is 0 Å². The Morgan fingerprint density at radius 2 is 1.39 bits per heavy atom. The van der Waals surface area contributed by atoms with E-state index in [-0.39, 0.29) is 5.41 Å². The number of carbonyl (C=O) groups is 1. The smallest absolute Gasteiger partial charge is 0.218 e. The van der Waals surface area contributed by atoms with Crippen molar-refractivity contribution in [3.05, 3.63) is 100 Å². The van der Waals surface area contributed by atoms with Crippen LogP contribution in [-0.4, -0.2) is 57.9 Å². The lowest BCUT2D eigenvalue weighted by atomic mass is 9.78. The molecule has 1 saturated heterocycles. The second kappa shape index (κ2) is 14.3. The van der Waals surface area contributed by atoms with Crippen LogP contribution in [0.3, 0.4) is 0 Å². The third-order valence-electron chi connectivity index (χ3n) is 9.82. The Bertz CT molecular complexity index is 1970. The number of nitrogens with zero attached hydrogens (tertiary/aromatic N) is 4. The molecule has 0 bridgehead atoms. The van der Waals surface area contributed by atoms with Crippen molar-refractivity contribution in [3.8, 4) is 45.4 Å². The number of H-pyrrole nitrogens is 1. The Hall–Kier alpha value is -4.24. The second-order valence-electron chi connectivity index (χ2n) is 13.2. The Labute approximate surface area is 296 Å². The molecule has 1 aliphatic carbocycles. The molecule has 2 fully saturated rings. The molecule has 1 saturated carbocycles. The van der Waals surface area contributed by atoms with Crippen LogP contribution in [0.2, 0.25) is 10.0 Å². The van der Waals surface area contributed by atoms with Gasteiger partial charge in [0.1, 0.15) is 5.78 Å². The molecular weight excluding hydrogens is 657 g/mol. The van der Waals surface area contributed by atoms with Crippen molar-refractivity contribution < 1.29 is 14.3 Å². The first-order valence-electron chi connectivity index (χ1n) is 16.7. The summed E-state index contributed by atoms with van der Waals surface area (Å²) in [4.78, 5) is 31.2. The van der Waals surface area contributed by atoms with E-state index in [1.54, 1.807) is 20.5 Å². The molecule has 5 aromatic rings. The minimum atomic E-state index is 0.178. The number of halogens is 2. The lowest BCUT2D eigenvalue weighted by Crippen LogP contribution is -2.54. The molecule has 2 aliphatic rings. The minimum Gasteiger partial charge on any atom is -0.481 e. The van der Waals surface area contributed by atoms with Gasteiger partial charge in [0.2, 0.25) is 11.8 Å². The Kier molecular flexibility index (Phi) is 9.72. The van der Waals surface area contributed by atoms with Crippen molar-refractivity contribution in [2.24, 2.45) is 5.41 Å². The van der Waals surface area contributed by atoms with Crippen LogP contribution in [0.25, 0.3) is 33.6 Å². The quantitative estimate of drug-likeness (QED) is 0.131. The maximum atomic E-state index is 11.9. The molecule has 0 radical (unpaired) electrons. The van der Waals surface area contributed by atoms with E-state index in [9.17, 15) is 4.79 Å². The molecule has 1 spiro atoms. The van der Waals surface area contributed by atoms with E-state index >= 15 is 0 Å². The molecule has 10 heteroatoms. The number of pyridine rings is 2. The molecule has 0 atom stereocenters. The maximum Gasteiger partial charge on any atom is 0.218 e. The van der Waals surface area contributed by atoms with Gasteiger partial charge in [-0.15, -0.1) is 0 Å². The number of aromatic nitrogens is 4. The highest BCUT2D eigenvalue weighted by atomic mass is 35.5. The van der Waals surface area contributed by atoms with Crippen LogP contribution < -0.4 is 9.47 Å². The number of rotatable bonds is 12. The van der Waals surface area contributed by atoms with Crippen LogP contribution in [0.5, 0.6) is 11.8 Å². The number of ether oxygens (including phenoxy) is 2. The molecule has 49 heavy (non-hydrogen) atoms. The summed E-state index contributed by atoms with van der Waals surface area (Å²) in [6, 6.07) is 19.9. The van der Waals surface area contributed by atoms with Crippen molar-refractivity contribution in [1.82, 2.24) is 24.8 Å². The van der Waals surface area contributed by atoms with Crippen LogP contribution in [0, 0.1) is 5.41 Å². The van der Waals surface area contributed by atoms with Gasteiger partial charge in [-0.1, -0.05) is 71.7 Å². The summed E-state index contributed by atoms with van der Waals surface area (Å²) in [5.74, 6) is 1.57. The highest BCUT2D eigenvalue weighted by Gasteiger charge is 2.47. The predicted molar refractivity (Wildman–Crippen MR) is 193 cm³/mol. The monoisotopic (exact) mass is 695 g/mol. The van der Waals surface area contributed by atoms with E-state index in [0.29, 0.717) is 39.7 Å². The summed E-state index contributed by atoms with van der Waals surface area (Å²) in [6.45, 7) is 2.61. The van der Waals surface area contributed by atoms with Crippen LogP contribution >= 0.6 is 23.2 Å². The van der Waals surface area contributed by atoms with Crippen molar-refractivity contribution in [3.63, 3.8) is 0 Å². The number of hydrogen-bond donors (Lipinski definition) is 1. The van der Waals surface area contributed by atoms with E-state index in [4.69, 9.17) is 42.6 Å². The first-order chi connectivity index (χ1) is 23.9. The number of unbranched alkanes of at least 4 members (excludes halogenated alkanes) is 1. The molecule has 0 unspecified atom stereocenters. The van der Waals surface area contributed by atoms with Crippen LogP contribution in [-0.2, 0) is 24.2 Å². The number of hydrogen-bond acceptors (Lipinski definition) is 7. The zero-order valence-electron chi connectivity index (χ0n) is 27.8. The fourth-order valence-electron chi connectivity index (χ4n) is 7.36. The molecule has 2 aromatic carbocycles. The summed E-state index contributed by atoms with van der Waals surface area (Å²) in [6.07, 6.45) is 9.88. The maximum absolute atomic E-state index is 11.9. The van der Waals surface area contributed by atoms with Gasteiger partial charge in [0, 0.05) is 83.2 Å². The van der Waals surface area contributed by atoms with E-state index < -0.39 is 0 Å². The Morgan fingerprint density at radius 3 is 1.96 bits per heavy atom. The molecule has 1 N–H and O–H groups in total. The van der Waals surface area contributed by atoms with Crippen molar-refractivity contribution in [1.29, 1.82) is 0 Å². The van der Waals surface area contributed by atoms with Gasteiger partial charge in [-0.3, -0.25) is 9.69 Å². The zero-order valence-corrected chi connectivity index (χ0v) is 29.3. The standard InChI is InChI=1S/C39H39Cl2N5O3/c1-48-37-25(7-3-4-8-27-20-42-24-43-27)13-15-33(44-37)31-11-5-9-29(35(31)40)30-10-6-12-32(36(30)41)34-16-14-26(38(45-34)49-2)21-46-22-39(23-46)18-17-28(47)19-39/h5-6,9-16,20,24H,3-4,7-8,17-19,21-23H2,1-2H3,(H,42,43). The number of likely N-dealkylation sites (tertiary alicyclic amines) is 1. The molecule has 0 amide bonds. The van der Waals surface area contributed by atoms with Crippen LogP contribution in [0.4, 0.5) is 0 Å². The van der Waals surface area contributed by atoms with Crippen molar-refractivity contribution in [2.75, 3.05) is 27.3 Å². The van der Waals surface area contributed by atoms with Gasteiger partial charge in [0.05, 0.1) is 42.0 Å². The van der Waals surface area contributed by atoms with E-state index in [0.717, 1.165) is 103 Å². The second-order valence-corrected chi connectivity index (χ2v) is 14.0. The largest absolute Gasteiger partial charge is 0.481 e. The molecule has 7 rings (SSSR count). The third kappa shape index (κ3) is 6.95. The zero-order chi connectivity index (χ0) is 34.0. The highest BCUT2D eigenvalue weighted by molar-refractivity contribution is 6.39. The summed E-state index contributed by atoms with van der Waals surface area (Å²) < 4.78 is 11.5. The van der Waals surface area contributed by atoms with Crippen molar-refractivity contribution >= 4 is 29.0 Å². The van der Waals surface area contributed by atoms with Gasteiger partial charge < -0.3 is 14.5 Å². The Morgan fingerprint density at radius 1 is 0.796 bits per heavy atom. The van der Waals surface area contributed by atoms with Gasteiger partial charge in [-0.25, -0.2) is 15.0 Å². The topological polar surface area (TPSA) is 93.2 Å². The Balaban J connectivity index is 1.09. The molecule has 8 nitrogen and oxygen atoms in total. The van der Waals surface area contributed by atoms with Gasteiger partial charge in [-0.2, -0.15) is 0 Å². The molecule has 3 aromatic heterocycles. The van der Waals surface area contributed by atoms with Gasteiger partial charge in [0.15, 0.2) is 0 Å². The summed E-state index contributed by atoms with van der Waals surface area (Å²) in [5, 5.41) is 1.11. The lowest BCUT2D eigenvalue weighted by Gasteiger charge is -2.48. The van der Waals surface area contributed by atoms with E-state index in [1.165, 1.54) is 0 Å². The number of Topliss-reactive ketones (excluding diaryl/α,β-unsaturated/α-hetero) is 1. The predicted octanol–water partition coefficient (Wildman–Crippen LogP) is 8.65. The number of imidazole rings is 1. The summed E-state index contributed by atoms with van der Waals surface area (Å²) >= 11 is 14.2. The number of ketones is 1. The number of benzene rings is 2. The minimum absolute atomic E-state index is 0.178. The first kappa shape index (κ1) is 33.3. The average molecular weight is 697 g/mol.